The molecule has 0 saturated carbocycles. The van der Waals surface area contributed by atoms with Gasteiger partial charge in [0.25, 0.3) is 0 Å². The molecule has 0 aliphatic heterocycles. The fourth-order valence-corrected chi connectivity index (χ4v) is 1.95. The van der Waals surface area contributed by atoms with Crippen LogP contribution in [0.4, 0.5) is 4.39 Å². The molecule has 1 aromatic rings. The maximum atomic E-state index is 12.5. The molecule has 0 radical (unpaired) electrons. The average molecular weight is 364 g/mol. The van der Waals surface area contributed by atoms with Crippen molar-refractivity contribution in [3.8, 4) is 0 Å². The second-order valence-corrected chi connectivity index (χ2v) is 5.26. The molecule has 5 N–H and O–H groups in total. The summed E-state index contributed by atoms with van der Waals surface area (Å²) in [5, 5.41) is 25.4. The van der Waals surface area contributed by atoms with Crippen LogP contribution in [0.25, 0.3) is 0 Å². The summed E-state index contributed by atoms with van der Waals surface area (Å²) in [6.45, 7) is 0.274. The van der Waals surface area contributed by atoms with Crippen LogP contribution >= 0.6 is 11.6 Å². The maximum Gasteiger partial charge on any atom is 0.307 e. The Morgan fingerprint density at radius 2 is 1.75 bits per heavy atom. The number of aliphatic carboxylic acids is 3. The molecule has 134 valence electrons. The van der Waals surface area contributed by atoms with Gasteiger partial charge in [-0.1, -0.05) is 17.7 Å². The highest BCUT2D eigenvalue weighted by molar-refractivity contribution is 6.31. The van der Waals surface area contributed by atoms with Crippen molar-refractivity contribution in [3.63, 3.8) is 0 Å². The van der Waals surface area contributed by atoms with Gasteiger partial charge in [0.15, 0.2) is 0 Å². The number of carboxylic acid groups (broad SMARTS) is 3. The molecular formula is C15H19ClFNO6. The molecule has 1 rings (SSSR count). The molecule has 0 aliphatic rings. The van der Waals surface area contributed by atoms with E-state index >= 15 is 0 Å². The van der Waals surface area contributed by atoms with Gasteiger partial charge in [-0.3, -0.25) is 14.4 Å². The number of rotatable bonds is 8. The number of carbonyl (C=O) groups is 3. The number of hydrogen-bond donors (Lipinski definition) is 4. The fraction of sp³-hybridized carbons (Fsp3) is 0.400. The minimum absolute atomic E-state index is 0.114. The number of benzene rings is 1. The largest absolute Gasteiger partial charge is 0.481 e. The molecule has 0 heterocycles. The van der Waals surface area contributed by atoms with E-state index in [1.54, 1.807) is 0 Å². The van der Waals surface area contributed by atoms with Gasteiger partial charge in [-0.25, -0.2) is 4.39 Å². The van der Waals surface area contributed by atoms with Crippen molar-refractivity contribution in [2.45, 2.75) is 25.7 Å². The standard InChI is InChI=1S/C8H6ClFO2.C7H13NO4/c9-7-4-6(10)2-1-5(7)3-8(11)12;8-4-3-5(7(11)12)1-2-6(9)10/h1-2,4H,3H2,(H,11,12);5H,1-4,8H2,(H,9,10)(H,11,12). The van der Waals surface area contributed by atoms with Gasteiger partial charge in [-0.05, 0) is 37.1 Å². The lowest BCUT2D eigenvalue weighted by Gasteiger charge is -2.08. The van der Waals surface area contributed by atoms with Crippen molar-refractivity contribution >= 4 is 29.5 Å². The minimum atomic E-state index is -0.983. The van der Waals surface area contributed by atoms with Crippen LogP contribution in [0.2, 0.25) is 5.02 Å². The Bertz CT molecular complexity index is 581. The van der Waals surface area contributed by atoms with E-state index in [2.05, 4.69) is 0 Å². The van der Waals surface area contributed by atoms with E-state index < -0.39 is 29.6 Å². The Hall–Kier alpha value is -2.19. The Morgan fingerprint density at radius 3 is 2.17 bits per heavy atom. The van der Waals surface area contributed by atoms with Crippen LogP contribution < -0.4 is 5.73 Å². The first-order chi connectivity index (χ1) is 11.2. The summed E-state index contributed by atoms with van der Waals surface area (Å²) in [5.41, 5.74) is 5.58. The van der Waals surface area contributed by atoms with Gasteiger partial charge in [-0.2, -0.15) is 0 Å². The van der Waals surface area contributed by atoms with Crippen molar-refractivity contribution < 1.29 is 34.1 Å². The Morgan fingerprint density at radius 1 is 1.12 bits per heavy atom. The Kier molecular flexibility index (Phi) is 10.3. The summed E-state index contributed by atoms with van der Waals surface area (Å²) in [5.74, 6) is -4.01. The average Bonchev–Trinajstić information content (AvgIpc) is 2.46. The van der Waals surface area contributed by atoms with Gasteiger partial charge in [0.2, 0.25) is 0 Å². The van der Waals surface area contributed by atoms with Crippen molar-refractivity contribution in [1.29, 1.82) is 0 Å². The lowest BCUT2D eigenvalue weighted by molar-refractivity contribution is -0.143. The van der Waals surface area contributed by atoms with E-state index in [1.165, 1.54) is 12.1 Å². The first kappa shape index (κ1) is 21.8. The van der Waals surface area contributed by atoms with Gasteiger partial charge in [-0.15, -0.1) is 0 Å². The number of carboxylic acids is 3. The van der Waals surface area contributed by atoms with Gasteiger partial charge in [0.05, 0.1) is 12.3 Å². The molecule has 24 heavy (non-hydrogen) atoms. The molecule has 1 atom stereocenters. The van der Waals surface area contributed by atoms with E-state index in [0.29, 0.717) is 12.0 Å². The second-order valence-electron chi connectivity index (χ2n) is 4.85. The number of hydrogen-bond acceptors (Lipinski definition) is 4. The summed E-state index contributed by atoms with van der Waals surface area (Å²) in [4.78, 5) is 30.8. The third kappa shape index (κ3) is 9.75. The maximum absolute atomic E-state index is 12.5. The zero-order valence-corrected chi connectivity index (χ0v) is 13.5. The number of nitrogens with two attached hydrogens (primary N) is 1. The summed E-state index contributed by atoms with van der Waals surface area (Å²) < 4.78 is 12.5. The van der Waals surface area contributed by atoms with Crippen molar-refractivity contribution in [2.24, 2.45) is 11.7 Å². The molecule has 0 aliphatic carbocycles. The fourth-order valence-electron chi connectivity index (χ4n) is 1.72. The molecular weight excluding hydrogens is 345 g/mol. The van der Waals surface area contributed by atoms with Crippen LogP contribution in [0, 0.1) is 11.7 Å². The first-order valence-corrected chi connectivity index (χ1v) is 7.35. The van der Waals surface area contributed by atoms with E-state index in [0.717, 1.165) is 6.07 Å². The van der Waals surface area contributed by atoms with E-state index in [9.17, 15) is 18.8 Å². The highest BCUT2D eigenvalue weighted by atomic mass is 35.5. The van der Waals surface area contributed by atoms with Crippen LogP contribution in [-0.2, 0) is 20.8 Å². The zero-order chi connectivity index (χ0) is 18.7. The monoisotopic (exact) mass is 363 g/mol. The van der Waals surface area contributed by atoms with E-state index in [1.807, 2.05) is 0 Å². The Labute approximate surface area is 142 Å². The molecule has 0 amide bonds. The molecule has 0 aromatic heterocycles. The Balaban J connectivity index is 0.000000441. The topological polar surface area (TPSA) is 138 Å². The van der Waals surface area contributed by atoms with Gasteiger partial charge < -0.3 is 21.1 Å². The van der Waals surface area contributed by atoms with Crippen molar-refractivity contribution in [2.75, 3.05) is 6.54 Å². The van der Waals surface area contributed by atoms with Crippen LogP contribution in [0.1, 0.15) is 24.8 Å². The van der Waals surface area contributed by atoms with Gasteiger partial charge in [0.1, 0.15) is 5.82 Å². The first-order valence-electron chi connectivity index (χ1n) is 6.97. The molecule has 1 aromatic carbocycles. The van der Waals surface area contributed by atoms with Gasteiger partial charge in [0, 0.05) is 11.4 Å². The highest BCUT2D eigenvalue weighted by Gasteiger charge is 2.17. The molecule has 0 spiro atoms. The smallest absolute Gasteiger partial charge is 0.307 e. The predicted molar refractivity (Wildman–Crippen MR) is 84.4 cm³/mol. The van der Waals surface area contributed by atoms with Crippen LogP contribution in [-0.4, -0.2) is 39.8 Å². The molecule has 0 saturated heterocycles. The molecule has 0 fully saturated rings. The minimum Gasteiger partial charge on any atom is -0.481 e. The van der Waals surface area contributed by atoms with Crippen molar-refractivity contribution in [1.82, 2.24) is 0 Å². The molecule has 9 heteroatoms. The molecule has 1 unspecified atom stereocenters. The third-order valence-corrected chi connectivity index (χ3v) is 3.28. The van der Waals surface area contributed by atoms with Crippen molar-refractivity contribution in [3.05, 3.63) is 34.6 Å². The number of halogens is 2. The molecule has 0 bridgehead atoms. The summed E-state index contributed by atoms with van der Waals surface area (Å²) in [6, 6.07) is 3.65. The van der Waals surface area contributed by atoms with Crippen LogP contribution in [0.3, 0.4) is 0 Å². The van der Waals surface area contributed by atoms with Gasteiger partial charge >= 0.3 is 17.9 Å². The lowest BCUT2D eigenvalue weighted by Crippen LogP contribution is -2.18. The predicted octanol–water partition coefficient (Wildman–Crippen LogP) is 2.01. The second kappa shape index (κ2) is 11.4. The van der Waals surface area contributed by atoms with E-state index in [4.69, 9.17) is 32.7 Å². The quantitative estimate of drug-likeness (QED) is 0.554. The summed E-state index contributed by atoms with van der Waals surface area (Å²) >= 11 is 5.57. The summed E-state index contributed by atoms with van der Waals surface area (Å²) in [7, 11) is 0. The third-order valence-electron chi connectivity index (χ3n) is 2.93. The molecule has 7 nitrogen and oxygen atoms in total. The van der Waals surface area contributed by atoms with Crippen LogP contribution in [0.5, 0.6) is 0 Å². The van der Waals surface area contributed by atoms with Crippen LogP contribution in [0.15, 0.2) is 18.2 Å². The highest BCUT2D eigenvalue weighted by Crippen LogP contribution is 2.17. The zero-order valence-electron chi connectivity index (χ0n) is 12.7. The summed E-state index contributed by atoms with van der Waals surface area (Å²) in [6.07, 6.45) is 0.195. The SMILES string of the molecule is NCCC(CCC(=O)O)C(=O)O.O=C(O)Cc1ccc(F)cc1Cl. The normalized spacial score (nSPS) is 11.1. The van der Waals surface area contributed by atoms with E-state index in [-0.39, 0.29) is 30.8 Å². The lowest BCUT2D eigenvalue weighted by atomic mass is 10.00.